The Morgan fingerprint density at radius 1 is 1.36 bits per heavy atom. The summed E-state index contributed by atoms with van der Waals surface area (Å²) < 4.78 is 5.08. The van der Waals surface area contributed by atoms with E-state index in [1.807, 2.05) is 36.1 Å². The van der Waals surface area contributed by atoms with Gasteiger partial charge in [0, 0.05) is 5.69 Å². The Morgan fingerprint density at radius 3 is 2.64 bits per heavy atom. The smallest absolute Gasteiger partial charge is 0.423 e. The molecule has 2 amide bonds. The average Bonchev–Trinajstić information content (AvgIpc) is 2.76. The number of carbonyl (C=O) groups is 2. The van der Waals surface area contributed by atoms with Crippen LogP contribution in [0, 0.1) is 12.8 Å². The van der Waals surface area contributed by atoms with Crippen molar-refractivity contribution in [3.8, 4) is 0 Å². The van der Waals surface area contributed by atoms with Gasteiger partial charge in [-0.2, -0.15) is 4.90 Å². The molecular weight excluding hydrogens is 336 g/mol. The third-order valence-corrected chi connectivity index (χ3v) is 5.49. The lowest BCUT2D eigenvalue weighted by atomic mass is 9.75. The van der Waals surface area contributed by atoms with Crippen LogP contribution in [-0.4, -0.2) is 34.2 Å². The lowest BCUT2D eigenvalue weighted by molar-refractivity contribution is -0.130. The molecule has 5 nitrogen and oxygen atoms in total. The van der Waals surface area contributed by atoms with Gasteiger partial charge in [-0.15, -0.1) is 0 Å². The minimum Gasteiger partial charge on any atom is -0.449 e. The van der Waals surface area contributed by atoms with Crippen molar-refractivity contribution in [2.45, 2.75) is 52.0 Å². The van der Waals surface area contributed by atoms with E-state index in [0.29, 0.717) is 18.8 Å². The van der Waals surface area contributed by atoms with E-state index in [1.165, 1.54) is 0 Å². The number of amides is 2. The number of carbonyl (C=O) groups excluding carboxylic acids is 2. The standard InChI is InChI=1S/C19H24N2O3S/c1-4-24-18(23)20-16(22)19(11-5-6-14(3)12-19)21(17(20)25)15-9-7-13(2)8-10-15/h7-10,14H,4-6,11-12H2,1-3H3/t14-,19?/m0/s1. The molecule has 0 radical (unpaired) electrons. The number of thiocarbonyl (C=S) groups is 1. The first kappa shape index (κ1) is 17.9. The van der Waals surface area contributed by atoms with Gasteiger partial charge in [0.1, 0.15) is 5.54 Å². The molecule has 25 heavy (non-hydrogen) atoms. The fraction of sp³-hybridized carbons (Fsp3) is 0.526. The Kier molecular flexibility index (Phi) is 4.82. The Labute approximate surface area is 153 Å². The second-order valence-electron chi connectivity index (χ2n) is 7.03. The van der Waals surface area contributed by atoms with Crippen molar-refractivity contribution < 1.29 is 14.3 Å². The van der Waals surface area contributed by atoms with Gasteiger partial charge in [0.05, 0.1) is 6.61 Å². The highest BCUT2D eigenvalue weighted by molar-refractivity contribution is 7.80. The summed E-state index contributed by atoms with van der Waals surface area (Å²) in [6.07, 6.45) is 2.73. The fourth-order valence-corrected chi connectivity index (χ4v) is 4.43. The molecule has 1 unspecified atom stereocenters. The van der Waals surface area contributed by atoms with Crippen LogP contribution in [0.15, 0.2) is 24.3 Å². The Hall–Kier alpha value is -1.95. The van der Waals surface area contributed by atoms with Crippen molar-refractivity contribution in [3.05, 3.63) is 29.8 Å². The van der Waals surface area contributed by atoms with Crippen molar-refractivity contribution in [3.63, 3.8) is 0 Å². The summed E-state index contributed by atoms with van der Waals surface area (Å²) in [5.41, 5.74) is 1.20. The summed E-state index contributed by atoms with van der Waals surface area (Å²) in [4.78, 5) is 28.6. The van der Waals surface area contributed by atoms with Crippen LogP contribution in [0.2, 0.25) is 0 Å². The summed E-state index contributed by atoms with van der Waals surface area (Å²) in [7, 11) is 0. The number of anilines is 1. The molecule has 1 aromatic rings. The van der Waals surface area contributed by atoms with Crippen molar-refractivity contribution in [2.24, 2.45) is 5.92 Å². The molecule has 1 aliphatic carbocycles. The molecule has 1 spiro atoms. The molecule has 3 rings (SSSR count). The summed E-state index contributed by atoms with van der Waals surface area (Å²) in [6, 6.07) is 7.92. The predicted octanol–water partition coefficient (Wildman–Crippen LogP) is 4.03. The monoisotopic (exact) mass is 360 g/mol. The second kappa shape index (κ2) is 6.75. The van der Waals surface area contributed by atoms with Gasteiger partial charge >= 0.3 is 6.09 Å². The van der Waals surface area contributed by atoms with Crippen molar-refractivity contribution in [1.29, 1.82) is 0 Å². The highest BCUT2D eigenvalue weighted by Crippen LogP contribution is 2.45. The quantitative estimate of drug-likeness (QED) is 0.745. The highest BCUT2D eigenvalue weighted by Gasteiger charge is 2.59. The van der Waals surface area contributed by atoms with E-state index in [1.54, 1.807) is 6.92 Å². The predicted molar refractivity (Wildman–Crippen MR) is 100 cm³/mol. The maximum Gasteiger partial charge on any atom is 0.423 e. The average molecular weight is 360 g/mol. The Bertz CT molecular complexity index is 703. The minimum atomic E-state index is -0.781. The maximum absolute atomic E-state index is 13.3. The second-order valence-corrected chi connectivity index (χ2v) is 7.39. The largest absolute Gasteiger partial charge is 0.449 e. The van der Waals surface area contributed by atoms with Gasteiger partial charge in [-0.05, 0) is 57.0 Å². The van der Waals surface area contributed by atoms with Gasteiger partial charge in [-0.3, -0.25) is 4.79 Å². The minimum absolute atomic E-state index is 0.208. The fourth-order valence-electron chi connectivity index (χ4n) is 4.00. The highest BCUT2D eigenvalue weighted by atomic mass is 32.1. The van der Waals surface area contributed by atoms with Crippen LogP contribution in [0.25, 0.3) is 0 Å². The Balaban J connectivity index is 2.08. The lowest BCUT2D eigenvalue weighted by Gasteiger charge is -2.41. The maximum atomic E-state index is 13.3. The first-order chi connectivity index (χ1) is 11.9. The molecule has 1 saturated heterocycles. The topological polar surface area (TPSA) is 49.9 Å². The van der Waals surface area contributed by atoms with E-state index < -0.39 is 11.6 Å². The van der Waals surface area contributed by atoms with Crippen LogP contribution in [0.1, 0.15) is 45.1 Å². The van der Waals surface area contributed by atoms with Crippen LogP contribution in [0.5, 0.6) is 0 Å². The van der Waals surface area contributed by atoms with E-state index in [0.717, 1.165) is 29.0 Å². The lowest BCUT2D eigenvalue weighted by Crippen LogP contribution is -2.53. The van der Waals surface area contributed by atoms with Gasteiger partial charge < -0.3 is 9.64 Å². The molecule has 1 aromatic carbocycles. The van der Waals surface area contributed by atoms with Crippen LogP contribution in [0.3, 0.4) is 0 Å². The number of hydrogen-bond donors (Lipinski definition) is 0. The van der Waals surface area contributed by atoms with Gasteiger partial charge in [0.2, 0.25) is 0 Å². The molecular formula is C19H24N2O3S. The molecule has 1 aliphatic heterocycles. The molecule has 0 bridgehead atoms. The summed E-state index contributed by atoms with van der Waals surface area (Å²) in [5, 5.41) is 0.224. The van der Waals surface area contributed by atoms with Crippen LogP contribution in [0.4, 0.5) is 10.5 Å². The number of rotatable bonds is 2. The first-order valence-corrected chi connectivity index (χ1v) is 9.23. The molecule has 0 aromatic heterocycles. The number of aryl methyl sites for hydroxylation is 1. The zero-order chi connectivity index (χ0) is 18.2. The third-order valence-electron chi connectivity index (χ3n) is 5.13. The van der Waals surface area contributed by atoms with Crippen LogP contribution < -0.4 is 4.90 Å². The van der Waals surface area contributed by atoms with Crippen molar-refractivity contribution >= 4 is 35.0 Å². The molecule has 6 heteroatoms. The van der Waals surface area contributed by atoms with Gasteiger partial charge in [-0.25, -0.2) is 4.79 Å². The molecule has 2 aliphatic rings. The Morgan fingerprint density at radius 2 is 2.04 bits per heavy atom. The van der Waals surface area contributed by atoms with Gasteiger partial charge in [0.25, 0.3) is 5.91 Å². The van der Waals surface area contributed by atoms with Crippen LogP contribution in [-0.2, 0) is 9.53 Å². The molecule has 134 valence electrons. The number of benzene rings is 1. The van der Waals surface area contributed by atoms with Gasteiger partial charge in [-0.1, -0.05) is 37.5 Å². The summed E-state index contributed by atoms with van der Waals surface area (Å²) in [5.74, 6) is 0.152. The zero-order valence-corrected chi connectivity index (χ0v) is 15.8. The van der Waals surface area contributed by atoms with Crippen LogP contribution >= 0.6 is 12.2 Å². The normalized spacial score (nSPS) is 26.4. The van der Waals surface area contributed by atoms with E-state index in [4.69, 9.17) is 17.0 Å². The molecule has 2 atom stereocenters. The zero-order valence-electron chi connectivity index (χ0n) is 14.9. The number of ether oxygens (including phenoxy) is 1. The molecule has 2 fully saturated rings. The number of hydrogen-bond acceptors (Lipinski definition) is 4. The molecule has 0 N–H and O–H groups in total. The van der Waals surface area contributed by atoms with E-state index in [-0.39, 0.29) is 17.6 Å². The summed E-state index contributed by atoms with van der Waals surface area (Å²) >= 11 is 5.57. The van der Waals surface area contributed by atoms with E-state index in [2.05, 4.69) is 6.92 Å². The van der Waals surface area contributed by atoms with Gasteiger partial charge in [0.15, 0.2) is 5.11 Å². The third kappa shape index (κ3) is 2.92. The SMILES string of the molecule is CCOC(=O)N1C(=O)C2(CCC[C@H](C)C2)N(c2ccc(C)cc2)C1=S. The molecule has 1 saturated carbocycles. The summed E-state index contributed by atoms with van der Waals surface area (Å²) in [6.45, 7) is 6.09. The number of imide groups is 1. The molecule has 1 heterocycles. The van der Waals surface area contributed by atoms with Crippen molar-refractivity contribution in [1.82, 2.24) is 4.90 Å². The first-order valence-electron chi connectivity index (χ1n) is 8.83. The van der Waals surface area contributed by atoms with E-state index in [9.17, 15) is 9.59 Å². The number of nitrogens with zero attached hydrogens (tertiary/aromatic N) is 2. The van der Waals surface area contributed by atoms with E-state index >= 15 is 0 Å². The van der Waals surface area contributed by atoms with Crippen molar-refractivity contribution in [2.75, 3.05) is 11.5 Å².